The molecule has 1 saturated heterocycles. The highest BCUT2D eigenvalue weighted by molar-refractivity contribution is 6.04. The molecule has 0 unspecified atom stereocenters. The van der Waals surface area contributed by atoms with Crippen LogP contribution in [0.5, 0.6) is 0 Å². The van der Waals surface area contributed by atoms with Gasteiger partial charge >= 0.3 is 0 Å². The lowest BCUT2D eigenvalue weighted by Gasteiger charge is -2.35. The third kappa shape index (κ3) is 4.70. The summed E-state index contributed by atoms with van der Waals surface area (Å²) in [5, 5.41) is 0. The molecule has 1 fully saturated rings. The topological polar surface area (TPSA) is 43.9 Å². The molecular weight excluding hydrogens is 326 g/mol. The second kappa shape index (κ2) is 8.63. The van der Waals surface area contributed by atoms with Gasteiger partial charge in [-0.1, -0.05) is 48.5 Å². The molecule has 5 heteroatoms. The maximum absolute atomic E-state index is 12.5. The van der Waals surface area contributed by atoms with Crippen molar-refractivity contribution >= 4 is 17.5 Å². The molecule has 0 aliphatic carbocycles. The van der Waals surface area contributed by atoms with E-state index in [0.717, 1.165) is 25.3 Å². The van der Waals surface area contributed by atoms with Gasteiger partial charge < -0.3 is 9.80 Å². The van der Waals surface area contributed by atoms with E-state index in [4.69, 9.17) is 0 Å². The molecule has 0 N–H and O–H groups in total. The number of para-hydroxylation sites is 1. The lowest BCUT2D eigenvalue weighted by Crippen LogP contribution is -2.49. The molecule has 136 valence electrons. The Hall–Kier alpha value is -2.66. The Morgan fingerprint density at radius 2 is 1.46 bits per heavy atom. The number of piperazine rings is 1. The molecule has 1 heterocycles. The van der Waals surface area contributed by atoms with Gasteiger partial charge in [-0.3, -0.25) is 14.5 Å². The average Bonchev–Trinajstić information content (AvgIpc) is 2.69. The van der Waals surface area contributed by atoms with Gasteiger partial charge in [0.2, 0.25) is 11.8 Å². The number of nitrogens with zero attached hydrogens (tertiary/aromatic N) is 3. The summed E-state index contributed by atoms with van der Waals surface area (Å²) < 4.78 is 0. The number of anilines is 1. The SMILES string of the molecule is CN(C(=O)CC(=O)N1CCN(Cc2ccccc2)CC1)c1ccccc1. The van der Waals surface area contributed by atoms with E-state index in [9.17, 15) is 9.59 Å². The van der Waals surface area contributed by atoms with Crippen molar-refractivity contribution < 1.29 is 9.59 Å². The van der Waals surface area contributed by atoms with Gasteiger partial charge in [-0.25, -0.2) is 0 Å². The first kappa shape index (κ1) is 18.1. The summed E-state index contributed by atoms with van der Waals surface area (Å²) in [7, 11) is 1.71. The third-order valence-corrected chi connectivity index (χ3v) is 4.79. The van der Waals surface area contributed by atoms with Gasteiger partial charge in [0.15, 0.2) is 0 Å². The first-order valence-electron chi connectivity index (χ1n) is 8.99. The molecule has 0 saturated carbocycles. The summed E-state index contributed by atoms with van der Waals surface area (Å²) in [4.78, 5) is 30.5. The average molecular weight is 351 g/mol. The summed E-state index contributed by atoms with van der Waals surface area (Å²) >= 11 is 0. The summed E-state index contributed by atoms with van der Waals surface area (Å²) in [6, 6.07) is 19.7. The second-order valence-electron chi connectivity index (χ2n) is 6.61. The molecule has 2 aromatic rings. The fourth-order valence-corrected chi connectivity index (χ4v) is 3.15. The van der Waals surface area contributed by atoms with Gasteiger partial charge in [0.05, 0.1) is 0 Å². The van der Waals surface area contributed by atoms with Crippen LogP contribution in [0, 0.1) is 0 Å². The van der Waals surface area contributed by atoms with E-state index in [-0.39, 0.29) is 18.2 Å². The Bertz CT molecular complexity index is 725. The van der Waals surface area contributed by atoms with Crippen molar-refractivity contribution in [2.45, 2.75) is 13.0 Å². The molecule has 0 aromatic heterocycles. The van der Waals surface area contributed by atoms with Gasteiger partial charge in [-0.2, -0.15) is 0 Å². The largest absolute Gasteiger partial charge is 0.340 e. The standard InChI is InChI=1S/C21H25N3O2/c1-22(19-10-6-3-7-11-19)20(25)16-21(26)24-14-12-23(13-15-24)17-18-8-4-2-5-9-18/h2-11H,12-17H2,1H3. The minimum absolute atomic E-state index is 0.0793. The number of benzene rings is 2. The number of amides is 2. The first-order chi connectivity index (χ1) is 12.6. The van der Waals surface area contributed by atoms with Crippen LogP contribution in [0.2, 0.25) is 0 Å². The summed E-state index contributed by atoms with van der Waals surface area (Å²) in [6.07, 6.45) is -0.0793. The van der Waals surface area contributed by atoms with Gasteiger partial charge in [0, 0.05) is 45.5 Å². The highest BCUT2D eigenvalue weighted by atomic mass is 16.2. The zero-order valence-corrected chi connectivity index (χ0v) is 15.2. The monoisotopic (exact) mass is 351 g/mol. The van der Waals surface area contributed by atoms with Gasteiger partial charge in [-0.15, -0.1) is 0 Å². The predicted molar refractivity (Wildman–Crippen MR) is 103 cm³/mol. The van der Waals surface area contributed by atoms with Crippen molar-refractivity contribution in [3.8, 4) is 0 Å². The van der Waals surface area contributed by atoms with Crippen LogP contribution in [0.1, 0.15) is 12.0 Å². The fourth-order valence-electron chi connectivity index (χ4n) is 3.15. The van der Waals surface area contributed by atoms with E-state index < -0.39 is 0 Å². The number of carbonyl (C=O) groups excluding carboxylic acids is 2. The maximum atomic E-state index is 12.5. The van der Waals surface area contributed by atoms with Crippen LogP contribution in [0.15, 0.2) is 60.7 Å². The number of rotatable bonds is 5. The van der Waals surface area contributed by atoms with E-state index >= 15 is 0 Å². The molecule has 0 bridgehead atoms. The van der Waals surface area contributed by atoms with Crippen LogP contribution in [0.4, 0.5) is 5.69 Å². The smallest absolute Gasteiger partial charge is 0.236 e. The minimum atomic E-state index is -0.173. The molecule has 1 aliphatic heterocycles. The van der Waals surface area contributed by atoms with Crippen LogP contribution in [-0.2, 0) is 16.1 Å². The van der Waals surface area contributed by atoms with Crippen molar-refractivity contribution in [2.75, 3.05) is 38.1 Å². The molecule has 0 radical (unpaired) electrons. The molecular formula is C21H25N3O2. The van der Waals surface area contributed by atoms with Crippen molar-refractivity contribution in [3.63, 3.8) is 0 Å². The van der Waals surface area contributed by atoms with Gasteiger partial charge in [-0.05, 0) is 17.7 Å². The lowest BCUT2D eigenvalue weighted by atomic mass is 10.2. The summed E-state index contributed by atoms with van der Waals surface area (Å²) in [5.74, 6) is -0.259. The Morgan fingerprint density at radius 3 is 2.08 bits per heavy atom. The van der Waals surface area contributed by atoms with Crippen molar-refractivity contribution in [1.82, 2.24) is 9.80 Å². The van der Waals surface area contributed by atoms with E-state index in [0.29, 0.717) is 13.1 Å². The Morgan fingerprint density at radius 1 is 0.885 bits per heavy atom. The Kier molecular flexibility index (Phi) is 6.02. The second-order valence-corrected chi connectivity index (χ2v) is 6.61. The molecule has 5 nitrogen and oxygen atoms in total. The first-order valence-corrected chi connectivity index (χ1v) is 8.99. The molecule has 0 atom stereocenters. The van der Waals surface area contributed by atoms with E-state index in [2.05, 4.69) is 17.0 Å². The maximum Gasteiger partial charge on any atom is 0.236 e. The Labute approximate surface area is 154 Å². The van der Waals surface area contributed by atoms with E-state index in [1.54, 1.807) is 16.8 Å². The van der Waals surface area contributed by atoms with E-state index in [1.165, 1.54) is 5.56 Å². The molecule has 3 rings (SSSR count). The number of hydrogen-bond acceptors (Lipinski definition) is 3. The zero-order chi connectivity index (χ0) is 18.4. The quantitative estimate of drug-likeness (QED) is 0.777. The zero-order valence-electron chi connectivity index (χ0n) is 15.2. The molecule has 1 aliphatic rings. The van der Waals surface area contributed by atoms with Crippen LogP contribution in [0.3, 0.4) is 0 Å². The van der Waals surface area contributed by atoms with Crippen LogP contribution in [-0.4, -0.2) is 54.8 Å². The highest BCUT2D eigenvalue weighted by Gasteiger charge is 2.24. The molecule has 2 amide bonds. The van der Waals surface area contributed by atoms with Crippen LogP contribution in [0.25, 0.3) is 0 Å². The normalized spacial score (nSPS) is 14.9. The van der Waals surface area contributed by atoms with Crippen molar-refractivity contribution in [1.29, 1.82) is 0 Å². The van der Waals surface area contributed by atoms with Gasteiger partial charge in [0.1, 0.15) is 6.42 Å². The summed E-state index contributed by atoms with van der Waals surface area (Å²) in [6.45, 7) is 3.92. The van der Waals surface area contributed by atoms with Crippen LogP contribution < -0.4 is 4.90 Å². The fraction of sp³-hybridized carbons (Fsp3) is 0.333. The van der Waals surface area contributed by atoms with Crippen molar-refractivity contribution in [3.05, 3.63) is 66.2 Å². The number of carbonyl (C=O) groups is 2. The molecule has 0 spiro atoms. The molecule has 26 heavy (non-hydrogen) atoms. The number of hydrogen-bond donors (Lipinski definition) is 0. The Balaban J connectivity index is 1.47. The van der Waals surface area contributed by atoms with Crippen LogP contribution >= 0.6 is 0 Å². The predicted octanol–water partition coefficient (Wildman–Crippen LogP) is 2.38. The van der Waals surface area contributed by atoms with E-state index in [1.807, 2.05) is 48.5 Å². The lowest BCUT2D eigenvalue weighted by molar-refractivity contribution is -0.136. The molecule has 2 aromatic carbocycles. The minimum Gasteiger partial charge on any atom is -0.340 e. The van der Waals surface area contributed by atoms with Gasteiger partial charge in [0.25, 0.3) is 0 Å². The van der Waals surface area contributed by atoms with Crippen molar-refractivity contribution in [2.24, 2.45) is 0 Å². The highest BCUT2D eigenvalue weighted by Crippen LogP contribution is 2.14. The summed E-state index contributed by atoms with van der Waals surface area (Å²) in [5.41, 5.74) is 2.09. The third-order valence-electron chi connectivity index (χ3n) is 4.79.